The Kier molecular flexibility index (Phi) is 9.76. The van der Waals surface area contributed by atoms with Crippen molar-refractivity contribution in [3.05, 3.63) is 162 Å². The maximum Gasteiger partial charge on any atom is 0.114 e. The first kappa shape index (κ1) is 35.3. The fourth-order valence-corrected chi connectivity index (χ4v) is 10.7. The molecule has 0 unspecified atom stereocenters. The zero-order valence-corrected chi connectivity index (χ0v) is 39.5. The number of thiophene rings is 1. The Morgan fingerprint density at radius 1 is 0.721 bits per heavy atom. The van der Waals surface area contributed by atoms with Gasteiger partial charge in [0.05, 0.1) is 30.4 Å². The summed E-state index contributed by atoms with van der Waals surface area (Å²) < 4.78 is 49.2. The van der Waals surface area contributed by atoms with Crippen molar-refractivity contribution >= 4 is 77.6 Å². The van der Waals surface area contributed by atoms with E-state index in [0.717, 1.165) is 43.3 Å². The van der Waals surface area contributed by atoms with Gasteiger partial charge in [-0.3, -0.25) is 4.98 Å². The van der Waals surface area contributed by atoms with Gasteiger partial charge in [0, 0.05) is 56.4 Å². The second kappa shape index (κ2) is 16.9. The van der Waals surface area contributed by atoms with E-state index < -0.39 is 21.8 Å². The number of hydrogen-bond acceptors (Lipinski definition) is 4. The number of aryl methyl sites for hydroxylation is 2. The molecule has 0 amide bonds. The SMILES string of the molecule is CC(C)c1cccc(C(C)C)c1-n1c(-c2[c-]ccc3c2sc2nc4c(ccc5ccccc54)cc23)nc2ccccc21.[2H]C([2H])([2H])c1c[c-]c(-c2cc(C([2H])([2H])[2H])c([Si](C)(C)C)cn2)cc1.[Ir]. The Hall–Kier alpha value is -5.30. The summed E-state index contributed by atoms with van der Waals surface area (Å²) in [4.78, 5) is 16.0. The number of para-hydroxylation sites is 3. The first-order valence-corrected chi connectivity index (χ1v) is 24.8. The van der Waals surface area contributed by atoms with Gasteiger partial charge in [0.2, 0.25) is 0 Å². The summed E-state index contributed by atoms with van der Waals surface area (Å²) in [5, 5.41) is 6.76. The quantitative estimate of drug-likeness (QED) is 0.0947. The summed E-state index contributed by atoms with van der Waals surface area (Å²) in [5.41, 5.74) is 9.66. The number of aromatic nitrogens is 4. The number of benzene rings is 6. The molecule has 0 bridgehead atoms. The predicted molar refractivity (Wildman–Crippen MR) is 260 cm³/mol. The second-order valence-corrected chi connectivity index (χ2v) is 23.1. The van der Waals surface area contributed by atoms with E-state index in [1.165, 1.54) is 55.2 Å². The molecule has 4 nitrogen and oxygen atoms in total. The largest absolute Gasteiger partial charge is 0.333 e. The summed E-state index contributed by atoms with van der Waals surface area (Å²) >= 11 is 1.75. The minimum Gasteiger partial charge on any atom is -0.333 e. The third-order valence-corrected chi connectivity index (χ3v) is 14.4. The fraction of sp³-hybridized carbons (Fsp3) is 0.204. The molecule has 10 rings (SSSR count). The molecule has 4 aromatic heterocycles. The Labute approximate surface area is 386 Å². The van der Waals surface area contributed by atoms with E-state index in [1.807, 2.05) is 0 Å². The van der Waals surface area contributed by atoms with Crippen LogP contribution in [-0.2, 0) is 20.1 Å². The van der Waals surface area contributed by atoms with Crippen LogP contribution in [-0.4, -0.2) is 27.6 Å². The number of pyridine rings is 2. The molecular weight excluding hydrogens is 957 g/mol. The molecule has 4 heterocycles. The molecule has 0 saturated heterocycles. The van der Waals surface area contributed by atoms with Crippen LogP contribution in [0.5, 0.6) is 0 Å². The van der Waals surface area contributed by atoms with Gasteiger partial charge in [-0.15, -0.1) is 53.6 Å². The molecule has 0 spiro atoms. The zero-order chi connectivity index (χ0) is 46.9. The van der Waals surface area contributed by atoms with Gasteiger partial charge in [-0.1, -0.05) is 143 Å². The van der Waals surface area contributed by atoms with Crippen LogP contribution >= 0.6 is 11.3 Å². The van der Waals surface area contributed by atoms with Crippen LogP contribution in [0.4, 0.5) is 0 Å². The topological polar surface area (TPSA) is 43.6 Å². The average molecular weight is 1010 g/mol. The summed E-state index contributed by atoms with van der Waals surface area (Å²) in [6.45, 7) is 10.9. The smallest absolute Gasteiger partial charge is 0.114 e. The Morgan fingerprint density at radius 2 is 1.48 bits per heavy atom. The molecule has 0 N–H and O–H groups in total. The van der Waals surface area contributed by atoms with E-state index in [-0.39, 0.29) is 25.7 Å². The van der Waals surface area contributed by atoms with Gasteiger partial charge in [-0.05, 0) is 69.0 Å². The maximum absolute atomic E-state index is 7.81. The van der Waals surface area contributed by atoms with Crippen molar-refractivity contribution in [1.82, 2.24) is 19.5 Å². The Morgan fingerprint density at radius 3 is 2.20 bits per heavy atom. The molecule has 0 saturated carbocycles. The van der Waals surface area contributed by atoms with Crippen LogP contribution < -0.4 is 5.19 Å². The van der Waals surface area contributed by atoms with Crippen LogP contribution in [0, 0.1) is 25.8 Å². The van der Waals surface area contributed by atoms with Crippen molar-refractivity contribution in [2.75, 3.05) is 0 Å². The number of rotatable bonds is 6. The molecule has 0 atom stereocenters. The van der Waals surface area contributed by atoms with E-state index in [0.29, 0.717) is 28.7 Å². The van der Waals surface area contributed by atoms with E-state index in [9.17, 15) is 0 Å². The summed E-state index contributed by atoms with van der Waals surface area (Å²) in [5.74, 6) is 1.66. The van der Waals surface area contributed by atoms with Gasteiger partial charge in [0.1, 0.15) is 4.83 Å². The third-order valence-electron chi connectivity index (χ3n) is 11.3. The molecule has 0 aliphatic rings. The van der Waals surface area contributed by atoms with Crippen molar-refractivity contribution in [2.45, 2.75) is 72.9 Å². The molecule has 0 aliphatic heterocycles. The minimum atomic E-state index is -2.22. The maximum atomic E-state index is 7.81. The van der Waals surface area contributed by atoms with Gasteiger partial charge in [0.25, 0.3) is 0 Å². The molecule has 0 fully saturated rings. The molecule has 10 aromatic rings. The molecule has 307 valence electrons. The van der Waals surface area contributed by atoms with E-state index in [1.54, 1.807) is 29.7 Å². The van der Waals surface area contributed by atoms with Gasteiger partial charge in [-0.25, -0.2) is 4.98 Å². The van der Waals surface area contributed by atoms with Crippen molar-refractivity contribution in [2.24, 2.45) is 0 Å². The summed E-state index contributed by atoms with van der Waals surface area (Å²) in [6.07, 6.45) is 1.65. The molecular formula is C54H50IrN4SSi-2. The summed E-state index contributed by atoms with van der Waals surface area (Å²) in [7, 11) is -1.85. The monoisotopic (exact) mass is 1010 g/mol. The number of nitrogens with zero attached hydrogens (tertiary/aromatic N) is 4. The molecule has 1 radical (unpaired) electrons. The Bertz CT molecular complexity index is 3430. The first-order chi connectivity index (χ1) is 31.3. The predicted octanol–water partition coefficient (Wildman–Crippen LogP) is 14.5. The van der Waals surface area contributed by atoms with Crippen molar-refractivity contribution in [3.8, 4) is 28.3 Å². The third kappa shape index (κ3) is 7.90. The van der Waals surface area contributed by atoms with Crippen molar-refractivity contribution < 1.29 is 28.3 Å². The van der Waals surface area contributed by atoms with E-state index in [4.69, 9.17) is 18.2 Å². The standard InChI is InChI=1S/C38H30N3S.C16H20NSi.Ir/c1-22(2)26-13-9-14-27(23(3)4)35(26)41-33-18-8-7-17-32(33)39-37(41)30-16-10-15-29-31-21-25-20-19-24-11-5-6-12-28(24)34(25)40-38(31)42-36(29)30;1-12-6-8-14(9-7-12)15-10-13(2)16(11-17-15)18(3,4)5;/h5-15,17-23H,1-4H3;6-8,10-11H,1-5H3;/q2*-1;/i;1D3,2D3;. The van der Waals surface area contributed by atoms with Crippen LogP contribution in [0.25, 0.3) is 81.3 Å². The van der Waals surface area contributed by atoms with Gasteiger partial charge in [-0.2, -0.15) is 11.3 Å². The molecule has 0 aliphatic carbocycles. The van der Waals surface area contributed by atoms with Crippen LogP contribution in [0.2, 0.25) is 19.6 Å². The number of hydrogen-bond donors (Lipinski definition) is 0. The zero-order valence-electron chi connectivity index (χ0n) is 41.3. The molecule has 7 heteroatoms. The van der Waals surface area contributed by atoms with Crippen LogP contribution in [0.1, 0.15) is 70.0 Å². The fourth-order valence-electron chi connectivity index (χ4n) is 8.20. The number of fused-ring (bicyclic) bond motifs is 7. The van der Waals surface area contributed by atoms with Crippen molar-refractivity contribution in [3.63, 3.8) is 0 Å². The number of imidazole rings is 1. The van der Waals surface area contributed by atoms with Crippen LogP contribution in [0.15, 0.2) is 128 Å². The van der Waals surface area contributed by atoms with Gasteiger partial charge < -0.3 is 9.55 Å². The normalized spacial score (nSPS) is 13.7. The average Bonchev–Trinajstić information content (AvgIpc) is 3.85. The van der Waals surface area contributed by atoms with E-state index in [2.05, 4.69) is 166 Å². The second-order valence-electron chi connectivity index (χ2n) is 17.1. The first-order valence-electron chi connectivity index (χ1n) is 23.5. The van der Waals surface area contributed by atoms with Crippen LogP contribution in [0.3, 0.4) is 0 Å². The van der Waals surface area contributed by atoms with Gasteiger partial charge >= 0.3 is 0 Å². The molecule has 61 heavy (non-hydrogen) atoms. The molecule has 6 aromatic carbocycles. The Balaban J connectivity index is 0.000000209. The van der Waals surface area contributed by atoms with Crippen molar-refractivity contribution in [1.29, 1.82) is 0 Å². The summed E-state index contributed by atoms with van der Waals surface area (Å²) in [6, 6.07) is 47.3. The minimum absolute atomic E-state index is 0. The van der Waals surface area contributed by atoms with Gasteiger partial charge in [0.15, 0.2) is 0 Å². The van der Waals surface area contributed by atoms with E-state index >= 15 is 0 Å².